The van der Waals surface area contributed by atoms with Gasteiger partial charge in [-0.2, -0.15) is 0 Å². The van der Waals surface area contributed by atoms with Crippen LogP contribution in [0.15, 0.2) is 18.2 Å². The molecule has 0 aliphatic carbocycles. The number of rotatable bonds is 5. The van der Waals surface area contributed by atoms with Crippen LogP contribution in [-0.2, 0) is 0 Å². The maximum absolute atomic E-state index is 12.1. The van der Waals surface area contributed by atoms with Crippen LogP contribution in [0.25, 0.3) is 0 Å². The maximum atomic E-state index is 12.1. The smallest absolute Gasteiger partial charge is 0.251 e. The summed E-state index contributed by atoms with van der Waals surface area (Å²) in [6.07, 6.45) is 0. The first-order valence-corrected chi connectivity index (χ1v) is 6.28. The van der Waals surface area contributed by atoms with E-state index in [9.17, 15) is 14.4 Å². The van der Waals surface area contributed by atoms with Gasteiger partial charge in [0.05, 0.1) is 0 Å². The summed E-state index contributed by atoms with van der Waals surface area (Å²) in [6, 6.07) is 3.92. The van der Waals surface area contributed by atoms with E-state index in [0.717, 1.165) is 0 Å². The third-order valence-electron chi connectivity index (χ3n) is 3.12. The second kappa shape index (κ2) is 6.18. The third kappa shape index (κ3) is 3.81. The molecule has 0 aliphatic heterocycles. The van der Waals surface area contributed by atoms with E-state index < -0.39 is 11.8 Å². The van der Waals surface area contributed by atoms with Crippen LogP contribution in [-0.4, -0.2) is 23.8 Å². The number of hydrogen-bond acceptors (Lipinski definition) is 3. The fourth-order valence-electron chi connectivity index (χ4n) is 1.50. The Balaban J connectivity index is 3.13. The van der Waals surface area contributed by atoms with Crippen LogP contribution in [0.2, 0.25) is 0 Å². The monoisotopic (exact) mass is 277 g/mol. The Kier molecular flexibility index (Phi) is 4.85. The number of nitrogens with two attached hydrogens (primary N) is 2. The fraction of sp³-hybridized carbons (Fsp3) is 0.357. The van der Waals surface area contributed by atoms with E-state index in [-0.39, 0.29) is 34.6 Å². The molecule has 1 unspecified atom stereocenters. The summed E-state index contributed by atoms with van der Waals surface area (Å²) < 4.78 is 0. The zero-order chi connectivity index (χ0) is 15.4. The second-order valence-electron chi connectivity index (χ2n) is 5.03. The molecular weight excluding hydrogens is 258 g/mol. The standard InChI is InChI=1S/C14H19N3O3/c1-7(2)8(3)17-14(20)11-5-9(12(15)18)4-10(6-11)13(16)19/h4-8H,1-3H3,(H2,15,18)(H2,16,19)(H,17,20). The molecule has 0 radical (unpaired) electrons. The van der Waals surface area contributed by atoms with Crippen molar-refractivity contribution >= 4 is 17.7 Å². The van der Waals surface area contributed by atoms with Crippen LogP contribution in [0.1, 0.15) is 51.8 Å². The van der Waals surface area contributed by atoms with Gasteiger partial charge in [0.15, 0.2) is 0 Å². The minimum Gasteiger partial charge on any atom is -0.366 e. The van der Waals surface area contributed by atoms with E-state index in [2.05, 4.69) is 5.32 Å². The van der Waals surface area contributed by atoms with E-state index in [1.54, 1.807) is 0 Å². The Hall–Kier alpha value is -2.37. The Morgan fingerprint density at radius 2 is 1.30 bits per heavy atom. The summed E-state index contributed by atoms with van der Waals surface area (Å²) in [7, 11) is 0. The van der Waals surface area contributed by atoms with Crippen molar-refractivity contribution in [1.29, 1.82) is 0 Å². The molecule has 1 atom stereocenters. The van der Waals surface area contributed by atoms with E-state index in [1.165, 1.54) is 18.2 Å². The van der Waals surface area contributed by atoms with E-state index in [4.69, 9.17) is 11.5 Å². The number of hydrogen-bond donors (Lipinski definition) is 3. The molecular formula is C14H19N3O3. The molecule has 6 nitrogen and oxygen atoms in total. The first-order chi connectivity index (χ1) is 9.22. The van der Waals surface area contributed by atoms with Gasteiger partial charge < -0.3 is 16.8 Å². The van der Waals surface area contributed by atoms with E-state index in [1.807, 2.05) is 20.8 Å². The molecule has 108 valence electrons. The number of amides is 3. The number of nitrogens with one attached hydrogen (secondary N) is 1. The normalized spacial score (nSPS) is 12.0. The van der Waals surface area contributed by atoms with Gasteiger partial charge in [0.1, 0.15) is 0 Å². The third-order valence-corrected chi connectivity index (χ3v) is 3.12. The van der Waals surface area contributed by atoms with Gasteiger partial charge in [-0.25, -0.2) is 0 Å². The highest BCUT2D eigenvalue weighted by Crippen LogP contribution is 2.11. The quantitative estimate of drug-likeness (QED) is 0.734. The summed E-state index contributed by atoms with van der Waals surface area (Å²) in [5.74, 6) is -1.57. The summed E-state index contributed by atoms with van der Waals surface area (Å²) >= 11 is 0. The Labute approximate surface area is 117 Å². The molecule has 6 heteroatoms. The van der Waals surface area contributed by atoms with Crippen LogP contribution in [0.4, 0.5) is 0 Å². The molecule has 0 spiro atoms. The molecule has 0 aliphatic rings. The van der Waals surface area contributed by atoms with Gasteiger partial charge >= 0.3 is 0 Å². The lowest BCUT2D eigenvalue weighted by molar-refractivity contribution is 0.0930. The largest absolute Gasteiger partial charge is 0.366 e. The minimum absolute atomic E-state index is 0.0447. The molecule has 1 aromatic carbocycles. The molecule has 0 bridgehead atoms. The van der Waals surface area contributed by atoms with Crippen molar-refractivity contribution in [2.75, 3.05) is 0 Å². The minimum atomic E-state index is -0.723. The van der Waals surface area contributed by atoms with Crippen LogP contribution >= 0.6 is 0 Å². The molecule has 5 N–H and O–H groups in total. The van der Waals surface area contributed by atoms with Crippen LogP contribution in [0, 0.1) is 5.92 Å². The van der Waals surface area contributed by atoms with Crippen molar-refractivity contribution in [3.8, 4) is 0 Å². The number of primary amides is 2. The van der Waals surface area contributed by atoms with Crippen molar-refractivity contribution in [2.45, 2.75) is 26.8 Å². The average molecular weight is 277 g/mol. The van der Waals surface area contributed by atoms with Crippen molar-refractivity contribution in [2.24, 2.45) is 17.4 Å². The highest BCUT2D eigenvalue weighted by atomic mass is 16.2. The SMILES string of the molecule is CC(C)C(C)NC(=O)c1cc(C(N)=O)cc(C(N)=O)c1. The first kappa shape index (κ1) is 15.7. The predicted octanol–water partition coefficient (Wildman–Crippen LogP) is 0.659. The number of benzene rings is 1. The molecule has 0 saturated heterocycles. The highest BCUT2D eigenvalue weighted by Gasteiger charge is 2.16. The first-order valence-electron chi connectivity index (χ1n) is 6.28. The van der Waals surface area contributed by atoms with Crippen molar-refractivity contribution < 1.29 is 14.4 Å². The lowest BCUT2D eigenvalue weighted by atomic mass is 10.0. The van der Waals surface area contributed by atoms with Gasteiger partial charge in [0, 0.05) is 22.7 Å². The molecule has 0 heterocycles. The Bertz CT molecular complexity index is 520. The molecule has 0 saturated carbocycles. The van der Waals surface area contributed by atoms with Crippen LogP contribution in [0.5, 0.6) is 0 Å². The van der Waals surface area contributed by atoms with Crippen LogP contribution < -0.4 is 16.8 Å². The highest BCUT2D eigenvalue weighted by molar-refractivity contribution is 6.03. The van der Waals surface area contributed by atoms with Crippen molar-refractivity contribution in [3.05, 3.63) is 34.9 Å². The predicted molar refractivity (Wildman–Crippen MR) is 75.2 cm³/mol. The van der Waals surface area contributed by atoms with Gasteiger partial charge in [-0.1, -0.05) is 13.8 Å². The Morgan fingerprint density at radius 3 is 1.65 bits per heavy atom. The number of carbonyl (C=O) groups excluding carboxylic acids is 3. The maximum Gasteiger partial charge on any atom is 0.251 e. The van der Waals surface area contributed by atoms with Crippen molar-refractivity contribution in [1.82, 2.24) is 5.32 Å². The molecule has 0 fully saturated rings. The van der Waals surface area contributed by atoms with Gasteiger partial charge in [-0.15, -0.1) is 0 Å². The van der Waals surface area contributed by atoms with Gasteiger partial charge in [0.25, 0.3) is 5.91 Å². The van der Waals surface area contributed by atoms with Gasteiger partial charge in [0.2, 0.25) is 11.8 Å². The molecule has 0 aromatic heterocycles. The molecule has 20 heavy (non-hydrogen) atoms. The summed E-state index contributed by atoms with van der Waals surface area (Å²) in [4.78, 5) is 34.5. The van der Waals surface area contributed by atoms with Crippen LogP contribution in [0.3, 0.4) is 0 Å². The summed E-state index contributed by atoms with van der Waals surface area (Å²) in [5.41, 5.74) is 10.7. The Morgan fingerprint density at radius 1 is 0.900 bits per heavy atom. The zero-order valence-corrected chi connectivity index (χ0v) is 11.8. The van der Waals surface area contributed by atoms with E-state index in [0.29, 0.717) is 0 Å². The van der Waals surface area contributed by atoms with E-state index >= 15 is 0 Å². The summed E-state index contributed by atoms with van der Waals surface area (Å²) in [5, 5.41) is 2.78. The lowest BCUT2D eigenvalue weighted by Gasteiger charge is -2.17. The zero-order valence-electron chi connectivity index (χ0n) is 11.8. The molecule has 1 aromatic rings. The average Bonchev–Trinajstić information content (AvgIpc) is 2.37. The van der Waals surface area contributed by atoms with Crippen molar-refractivity contribution in [3.63, 3.8) is 0 Å². The molecule has 1 rings (SSSR count). The second-order valence-corrected chi connectivity index (χ2v) is 5.03. The molecule has 3 amide bonds. The van der Waals surface area contributed by atoms with Gasteiger partial charge in [-0.05, 0) is 31.0 Å². The summed E-state index contributed by atoms with van der Waals surface area (Å²) in [6.45, 7) is 5.81. The van der Waals surface area contributed by atoms with Gasteiger partial charge in [-0.3, -0.25) is 14.4 Å². The fourth-order valence-corrected chi connectivity index (χ4v) is 1.50. The lowest BCUT2D eigenvalue weighted by Crippen LogP contribution is -2.36. The number of carbonyl (C=O) groups is 3. The topological polar surface area (TPSA) is 115 Å².